The van der Waals surface area contributed by atoms with Crippen LogP contribution in [0.1, 0.15) is 79.1 Å². The average Bonchev–Trinajstić information content (AvgIpc) is 2.47. The second kappa shape index (κ2) is 12.3. The SMILES string of the molecule is CCCCCCCCCC(OCC(O)CO)C(O)C(C)(C)C. The molecule has 0 aromatic carbocycles. The molecule has 0 fully saturated rings. The van der Waals surface area contributed by atoms with Gasteiger partial charge in [0.1, 0.15) is 6.10 Å². The van der Waals surface area contributed by atoms with Crippen LogP contribution in [0.15, 0.2) is 0 Å². The van der Waals surface area contributed by atoms with E-state index in [9.17, 15) is 10.2 Å². The highest BCUT2D eigenvalue weighted by molar-refractivity contribution is 4.81. The summed E-state index contributed by atoms with van der Waals surface area (Å²) in [5.74, 6) is 0. The van der Waals surface area contributed by atoms with Crippen LogP contribution in [0.4, 0.5) is 0 Å². The number of aliphatic hydroxyl groups is 3. The van der Waals surface area contributed by atoms with Crippen LogP contribution < -0.4 is 0 Å². The van der Waals surface area contributed by atoms with Crippen molar-refractivity contribution >= 4 is 0 Å². The summed E-state index contributed by atoms with van der Waals surface area (Å²) < 4.78 is 5.67. The molecule has 4 nitrogen and oxygen atoms in total. The molecular weight excluding hydrogens is 280 g/mol. The van der Waals surface area contributed by atoms with E-state index in [2.05, 4.69) is 6.92 Å². The van der Waals surface area contributed by atoms with Gasteiger partial charge in [-0.25, -0.2) is 0 Å². The lowest BCUT2D eigenvalue weighted by atomic mass is 9.84. The standard InChI is InChI=1S/C18H38O4/c1-5-6-7-8-9-10-11-12-16(17(21)18(2,3)4)22-14-15(20)13-19/h15-17,19-21H,5-14H2,1-4H3. The van der Waals surface area contributed by atoms with Crippen molar-refractivity contribution in [3.05, 3.63) is 0 Å². The van der Waals surface area contributed by atoms with Gasteiger partial charge in [-0.2, -0.15) is 0 Å². The van der Waals surface area contributed by atoms with Crippen molar-refractivity contribution < 1.29 is 20.1 Å². The second-order valence-corrected chi connectivity index (χ2v) is 7.43. The first-order valence-electron chi connectivity index (χ1n) is 8.91. The molecule has 3 atom stereocenters. The van der Waals surface area contributed by atoms with Gasteiger partial charge in [-0.15, -0.1) is 0 Å². The van der Waals surface area contributed by atoms with Crippen molar-refractivity contribution in [1.82, 2.24) is 0 Å². The Morgan fingerprint density at radius 2 is 1.45 bits per heavy atom. The number of ether oxygens (including phenoxy) is 1. The topological polar surface area (TPSA) is 69.9 Å². The van der Waals surface area contributed by atoms with Gasteiger partial charge in [0.15, 0.2) is 0 Å². The fourth-order valence-electron chi connectivity index (χ4n) is 2.48. The van der Waals surface area contributed by atoms with Crippen molar-refractivity contribution in [2.24, 2.45) is 5.41 Å². The largest absolute Gasteiger partial charge is 0.394 e. The molecule has 0 heterocycles. The summed E-state index contributed by atoms with van der Waals surface area (Å²) in [6.45, 7) is 7.95. The van der Waals surface area contributed by atoms with Crippen molar-refractivity contribution in [2.45, 2.75) is 97.4 Å². The molecule has 0 aliphatic heterocycles. The lowest BCUT2D eigenvalue weighted by Crippen LogP contribution is -2.41. The predicted octanol–water partition coefficient (Wildman–Crippen LogP) is 3.27. The number of unbranched alkanes of at least 4 members (excludes halogenated alkanes) is 6. The van der Waals surface area contributed by atoms with E-state index >= 15 is 0 Å². The van der Waals surface area contributed by atoms with Crippen LogP contribution in [0.5, 0.6) is 0 Å². The zero-order valence-electron chi connectivity index (χ0n) is 15.1. The minimum Gasteiger partial charge on any atom is -0.394 e. The molecule has 0 aliphatic carbocycles. The van der Waals surface area contributed by atoms with E-state index in [0.29, 0.717) is 0 Å². The molecule has 0 rings (SSSR count). The van der Waals surface area contributed by atoms with Gasteiger partial charge in [-0.1, -0.05) is 72.6 Å². The molecule has 0 aromatic heterocycles. The number of rotatable bonds is 13. The monoisotopic (exact) mass is 318 g/mol. The van der Waals surface area contributed by atoms with Gasteiger partial charge in [0.2, 0.25) is 0 Å². The van der Waals surface area contributed by atoms with E-state index in [4.69, 9.17) is 9.84 Å². The van der Waals surface area contributed by atoms with Crippen molar-refractivity contribution in [3.8, 4) is 0 Å². The smallest absolute Gasteiger partial charge is 0.100 e. The molecule has 0 amide bonds. The highest BCUT2D eigenvalue weighted by atomic mass is 16.5. The van der Waals surface area contributed by atoms with E-state index < -0.39 is 12.2 Å². The first-order chi connectivity index (χ1) is 10.3. The Labute approximate surface area is 136 Å². The summed E-state index contributed by atoms with van der Waals surface area (Å²) in [7, 11) is 0. The van der Waals surface area contributed by atoms with Gasteiger partial charge in [0, 0.05) is 0 Å². The Balaban J connectivity index is 4.12. The average molecular weight is 318 g/mol. The molecule has 0 saturated carbocycles. The van der Waals surface area contributed by atoms with Crippen molar-refractivity contribution in [3.63, 3.8) is 0 Å². The van der Waals surface area contributed by atoms with Crippen molar-refractivity contribution in [1.29, 1.82) is 0 Å². The summed E-state index contributed by atoms with van der Waals surface area (Å²) in [6, 6.07) is 0. The molecule has 3 N–H and O–H groups in total. The minimum absolute atomic E-state index is 0.0742. The number of hydrogen-bond acceptors (Lipinski definition) is 4. The number of aliphatic hydroxyl groups excluding tert-OH is 3. The maximum atomic E-state index is 10.4. The molecule has 0 aromatic rings. The lowest BCUT2D eigenvalue weighted by Gasteiger charge is -2.33. The maximum absolute atomic E-state index is 10.4. The van der Waals surface area contributed by atoms with Crippen LogP contribution in [-0.4, -0.2) is 46.8 Å². The van der Waals surface area contributed by atoms with E-state index in [1.54, 1.807) is 0 Å². The van der Waals surface area contributed by atoms with Crippen LogP contribution in [-0.2, 0) is 4.74 Å². The minimum atomic E-state index is -0.872. The summed E-state index contributed by atoms with van der Waals surface area (Å²) in [6.07, 6.45) is 7.66. The first kappa shape index (κ1) is 21.8. The highest BCUT2D eigenvalue weighted by Gasteiger charge is 2.31. The summed E-state index contributed by atoms with van der Waals surface area (Å²) in [5.41, 5.74) is -0.254. The van der Waals surface area contributed by atoms with Crippen LogP contribution >= 0.6 is 0 Å². The molecule has 22 heavy (non-hydrogen) atoms. The van der Waals surface area contributed by atoms with E-state index in [1.807, 2.05) is 20.8 Å². The molecule has 0 radical (unpaired) electrons. The van der Waals surface area contributed by atoms with Gasteiger partial charge in [0.05, 0.1) is 25.4 Å². The van der Waals surface area contributed by atoms with Crippen LogP contribution in [0, 0.1) is 5.41 Å². The highest BCUT2D eigenvalue weighted by Crippen LogP contribution is 2.26. The molecule has 0 saturated heterocycles. The van der Waals surface area contributed by atoms with E-state index in [1.165, 1.54) is 32.1 Å². The fourth-order valence-corrected chi connectivity index (χ4v) is 2.48. The van der Waals surface area contributed by atoms with Gasteiger partial charge in [0.25, 0.3) is 0 Å². The van der Waals surface area contributed by atoms with Gasteiger partial charge in [-0.3, -0.25) is 0 Å². The Bertz CT molecular complexity index is 250. The zero-order valence-corrected chi connectivity index (χ0v) is 15.1. The van der Waals surface area contributed by atoms with Gasteiger partial charge >= 0.3 is 0 Å². The first-order valence-corrected chi connectivity index (χ1v) is 8.91. The van der Waals surface area contributed by atoms with Crippen LogP contribution in [0.25, 0.3) is 0 Å². The third-order valence-electron chi connectivity index (χ3n) is 4.05. The maximum Gasteiger partial charge on any atom is 0.100 e. The lowest BCUT2D eigenvalue weighted by molar-refractivity contribution is -0.108. The quantitative estimate of drug-likeness (QED) is 0.456. The van der Waals surface area contributed by atoms with Crippen molar-refractivity contribution in [2.75, 3.05) is 13.2 Å². The molecule has 0 bridgehead atoms. The Morgan fingerprint density at radius 3 is 1.95 bits per heavy atom. The van der Waals surface area contributed by atoms with E-state index in [-0.39, 0.29) is 24.7 Å². The molecular formula is C18H38O4. The molecule has 134 valence electrons. The molecule has 3 unspecified atom stereocenters. The number of hydrogen-bond donors (Lipinski definition) is 3. The third kappa shape index (κ3) is 10.5. The normalized spacial score (nSPS) is 16.5. The summed E-state index contributed by atoms with van der Waals surface area (Å²) in [5, 5.41) is 28.7. The van der Waals surface area contributed by atoms with E-state index in [0.717, 1.165) is 19.3 Å². The van der Waals surface area contributed by atoms with Gasteiger partial charge < -0.3 is 20.1 Å². The second-order valence-electron chi connectivity index (χ2n) is 7.43. The Morgan fingerprint density at radius 1 is 0.909 bits per heavy atom. The summed E-state index contributed by atoms with van der Waals surface area (Å²) in [4.78, 5) is 0. The Hall–Kier alpha value is -0.160. The third-order valence-corrected chi connectivity index (χ3v) is 4.05. The Kier molecular flexibility index (Phi) is 12.2. The summed E-state index contributed by atoms with van der Waals surface area (Å²) >= 11 is 0. The molecule has 0 spiro atoms. The predicted molar refractivity (Wildman–Crippen MR) is 90.9 cm³/mol. The fraction of sp³-hybridized carbons (Fsp3) is 1.00. The van der Waals surface area contributed by atoms with Crippen LogP contribution in [0.3, 0.4) is 0 Å². The van der Waals surface area contributed by atoms with Crippen LogP contribution in [0.2, 0.25) is 0 Å². The molecule has 4 heteroatoms. The zero-order chi connectivity index (χ0) is 17.0. The van der Waals surface area contributed by atoms with Gasteiger partial charge in [-0.05, 0) is 11.8 Å². The molecule has 0 aliphatic rings.